The van der Waals surface area contributed by atoms with Crippen molar-refractivity contribution in [1.82, 2.24) is 4.90 Å². The molecule has 2 aromatic carbocycles. The molecular formula is C23H28Cl2NO2P. The zero-order valence-electron chi connectivity index (χ0n) is 17.5. The van der Waals surface area contributed by atoms with E-state index >= 15 is 0 Å². The van der Waals surface area contributed by atoms with Crippen molar-refractivity contribution < 1.29 is 9.53 Å². The van der Waals surface area contributed by atoms with Crippen LogP contribution in [-0.4, -0.2) is 36.3 Å². The lowest BCUT2D eigenvalue weighted by Gasteiger charge is -2.39. The third kappa shape index (κ3) is 4.58. The van der Waals surface area contributed by atoms with Crippen LogP contribution in [0.2, 0.25) is 10.0 Å². The van der Waals surface area contributed by atoms with E-state index in [0.717, 1.165) is 35.6 Å². The van der Waals surface area contributed by atoms with E-state index in [2.05, 4.69) is 26.0 Å². The Hall–Kier alpha value is -1.28. The molecule has 1 atom stereocenters. The van der Waals surface area contributed by atoms with Crippen molar-refractivity contribution in [1.29, 1.82) is 0 Å². The van der Waals surface area contributed by atoms with E-state index < -0.39 is 0 Å². The van der Waals surface area contributed by atoms with Crippen LogP contribution < -0.4 is 10.0 Å². The Morgan fingerprint density at radius 1 is 1.14 bits per heavy atom. The molecule has 6 heteroatoms. The van der Waals surface area contributed by atoms with Crippen molar-refractivity contribution >= 4 is 42.3 Å². The van der Waals surface area contributed by atoms with Crippen molar-refractivity contribution in [3.8, 4) is 5.75 Å². The molecule has 3 nitrogen and oxygen atoms in total. The molecule has 0 aromatic heterocycles. The number of benzene rings is 2. The number of hydrogen-bond acceptors (Lipinski definition) is 2. The number of hydrogen-bond donors (Lipinski definition) is 0. The van der Waals surface area contributed by atoms with Crippen LogP contribution in [0.15, 0.2) is 30.3 Å². The number of halogens is 2. The van der Waals surface area contributed by atoms with E-state index in [0.29, 0.717) is 23.2 Å². The van der Waals surface area contributed by atoms with E-state index in [4.69, 9.17) is 27.9 Å². The summed E-state index contributed by atoms with van der Waals surface area (Å²) in [6.07, 6.45) is 3.08. The average molecular weight is 452 g/mol. The summed E-state index contributed by atoms with van der Waals surface area (Å²) >= 11 is 12.6. The van der Waals surface area contributed by atoms with Crippen LogP contribution >= 0.6 is 31.1 Å². The first kappa shape index (κ1) is 22.4. The van der Waals surface area contributed by atoms with E-state index in [1.54, 1.807) is 13.0 Å². The van der Waals surface area contributed by atoms with E-state index in [1.807, 2.05) is 24.0 Å². The van der Waals surface area contributed by atoms with Gasteiger partial charge in [0.25, 0.3) is 0 Å². The molecular weight excluding hydrogens is 424 g/mol. The van der Waals surface area contributed by atoms with Gasteiger partial charge in [-0.1, -0.05) is 51.0 Å². The molecule has 0 bridgehead atoms. The van der Waals surface area contributed by atoms with Gasteiger partial charge in [0.1, 0.15) is 5.75 Å². The largest absolute Gasteiger partial charge is 0.493 e. The fourth-order valence-electron chi connectivity index (χ4n) is 4.27. The van der Waals surface area contributed by atoms with Crippen molar-refractivity contribution in [2.24, 2.45) is 0 Å². The van der Waals surface area contributed by atoms with Crippen LogP contribution in [0.1, 0.15) is 50.4 Å². The second-order valence-electron chi connectivity index (χ2n) is 7.15. The normalized spacial score (nSPS) is 16.1. The van der Waals surface area contributed by atoms with Crippen molar-refractivity contribution in [2.75, 3.05) is 25.5 Å². The standard InChI is InChI=1S/C23H28Cl2NO2P/c1-5-28-21-9-8-19-20(23(21)29(6-2)7-3)10-11-26(15(4)27)22(19)16-12-17(24)14-18(25)13-16/h8-9,12-14,22H,5-7,10-11H2,1-4H3/t22-/m1/s1. The van der Waals surface area contributed by atoms with Gasteiger partial charge < -0.3 is 9.64 Å². The SMILES string of the molecule is CCOc1ccc2c(c1P(CC)CC)CCN(C(C)=O)[C@@H]2c1cc(Cl)cc(Cl)c1. The van der Waals surface area contributed by atoms with Gasteiger partial charge in [-0.25, -0.2) is 0 Å². The maximum Gasteiger partial charge on any atom is 0.220 e. The number of carbonyl (C=O) groups excluding carboxylic acids is 1. The highest BCUT2D eigenvalue weighted by molar-refractivity contribution is 7.65. The highest BCUT2D eigenvalue weighted by Crippen LogP contribution is 2.44. The van der Waals surface area contributed by atoms with Crippen molar-refractivity contribution in [3.05, 3.63) is 57.1 Å². The molecule has 1 aliphatic rings. The first-order chi connectivity index (χ1) is 13.9. The first-order valence-corrected chi connectivity index (χ1v) is 12.6. The molecule has 1 heterocycles. The number of amides is 1. The fourth-order valence-corrected chi connectivity index (χ4v) is 6.96. The molecule has 0 aliphatic carbocycles. The van der Waals surface area contributed by atoms with Crippen LogP contribution in [-0.2, 0) is 11.2 Å². The maximum absolute atomic E-state index is 12.5. The molecule has 1 amide bonds. The van der Waals surface area contributed by atoms with E-state index in [1.165, 1.54) is 10.9 Å². The Labute approximate surface area is 185 Å². The zero-order chi connectivity index (χ0) is 21.1. The lowest BCUT2D eigenvalue weighted by Crippen LogP contribution is -2.41. The number of nitrogens with zero attached hydrogens (tertiary/aromatic N) is 1. The summed E-state index contributed by atoms with van der Waals surface area (Å²) in [6.45, 7) is 9.49. The van der Waals surface area contributed by atoms with Crippen LogP contribution in [0.3, 0.4) is 0 Å². The minimum atomic E-state index is -0.309. The lowest BCUT2D eigenvalue weighted by molar-refractivity contribution is -0.130. The van der Waals surface area contributed by atoms with Gasteiger partial charge in [-0.15, -0.1) is 0 Å². The highest BCUT2D eigenvalue weighted by atomic mass is 35.5. The van der Waals surface area contributed by atoms with Crippen molar-refractivity contribution in [3.63, 3.8) is 0 Å². The van der Waals surface area contributed by atoms with Gasteiger partial charge in [0.15, 0.2) is 0 Å². The van der Waals surface area contributed by atoms with Gasteiger partial charge in [-0.05, 0) is 66.6 Å². The fraction of sp³-hybridized carbons (Fsp3) is 0.435. The Morgan fingerprint density at radius 3 is 2.34 bits per heavy atom. The quantitative estimate of drug-likeness (QED) is 0.501. The Balaban J connectivity index is 2.24. The summed E-state index contributed by atoms with van der Waals surface area (Å²) in [7, 11) is -0.309. The molecule has 156 valence electrons. The Kier molecular flexibility index (Phi) is 7.48. The summed E-state index contributed by atoms with van der Waals surface area (Å²) in [5.41, 5.74) is 3.45. The molecule has 2 aromatic rings. The third-order valence-electron chi connectivity index (χ3n) is 5.48. The van der Waals surface area contributed by atoms with Crippen LogP contribution in [0.25, 0.3) is 0 Å². The number of rotatable bonds is 6. The zero-order valence-corrected chi connectivity index (χ0v) is 19.9. The minimum absolute atomic E-state index is 0.0560. The first-order valence-electron chi connectivity index (χ1n) is 10.2. The summed E-state index contributed by atoms with van der Waals surface area (Å²) in [5.74, 6) is 1.06. The lowest BCUT2D eigenvalue weighted by atomic mass is 9.87. The molecule has 3 rings (SSSR count). The topological polar surface area (TPSA) is 29.5 Å². The monoisotopic (exact) mass is 451 g/mol. The number of fused-ring (bicyclic) bond motifs is 1. The summed E-state index contributed by atoms with van der Waals surface area (Å²) < 4.78 is 6.03. The second kappa shape index (κ2) is 9.69. The van der Waals surface area contributed by atoms with Gasteiger partial charge in [0.05, 0.1) is 12.6 Å². The average Bonchev–Trinajstić information content (AvgIpc) is 2.68. The molecule has 29 heavy (non-hydrogen) atoms. The predicted molar refractivity (Wildman–Crippen MR) is 125 cm³/mol. The second-order valence-corrected chi connectivity index (χ2v) is 10.8. The Morgan fingerprint density at radius 2 is 1.79 bits per heavy atom. The Bertz CT molecular complexity index is 878. The maximum atomic E-state index is 12.5. The molecule has 0 saturated carbocycles. The summed E-state index contributed by atoms with van der Waals surface area (Å²) in [5, 5.41) is 2.53. The highest BCUT2D eigenvalue weighted by Gasteiger charge is 2.34. The molecule has 0 fully saturated rings. The number of ether oxygens (including phenoxy) is 1. The summed E-state index contributed by atoms with van der Waals surface area (Å²) in [6, 6.07) is 9.58. The van der Waals surface area contributed by atoms with Gasteiger partial charge in [0.2, 0.25) is 5.91 Å². The number of carbonyl (C=O) groups is 1. The van der Waals surface area contributed by atoms with Gasteiger partial charge in [-0.3, -0.25) is 4.79 Å². The minimum Gasteiger partial charge on any atom is -0.493 e. The summed E-state index contributed by atoms with van der Waals surface area (Å²) in [4.78, 5) is 14.4. The molecule has 0 saturated heterocycles. The molecule has 0 N–H and O–H groups in total. The molecule has 0 unspecified atom stereocenters. The van der Waals surface area contributed by atoms with Gasteiger partial charge >= 0.3 is 0 Å². The van der Waals surface area contributed by atoms with E-state index in [-0.39, 0.29) is 19.9 Å². The van der Waals surface area contributed by atoms with Crippen LogP contribution in [0.5, 0.6) is 5.75 Å². The van der Waals surface area contributed by atoms with E-state index in [9.17, 15) is 4.79 Å². The van der Waals surface area contributed by atoms with Crippen LogP contribution in [0, 0.1) is 0 Å². The smallest absolute Gasteiger partial charge is 0.220 e. The molecule has 1 aliphatic heterocycles. The van der Waals surface area contributed by atoms with Gasteiger partial charge in [-0.2, -0.15) is 0 Å². The third-order valence-corrected chi connectivity index (χ3v) is 8.56. The van der Waals surface area contributed by atoms with Crippen molar-refractivity contribution in [2.45, 2.75) is 40.2 Å². The van der Waals surface area contributed by atoms with Gasteiger partial charge in [0, 0.05) is 28.8 Å². The van der Waals surface area contributed by atoms with Crippen LogP contribution in [0.4, 0.5) is 0 Å². The molecule has 0 spiro atoms. The molecule has 0 radical (unpaired) electrons. The predicted octanol–water partition coefficient (Wildman–Crippen LogP) is 6.03.